The molecule has 0 aliphatic heterocycles. The van der Waals surface area contributed by atoms with Crippen molar-refractivity contribution in [2.45, 2.75) is 9.92 Å². The summed E-state index contributed by atoms with van der Waals surface area (Å²) < 4.78 is 31.1. The van der Waals surface area contributed by atoms with Crippen LogP contribution in [0, 0.1) is 3.57 Å². The van der Waals surface area contributed by atoms with E-state index in [2.05, 4.69) is 9.97 Å². The van der Waals surface area contributed by atoms with Gasteiger partial charge in [-0.25, -0.2) is 13.4 Å². The van der Waals surface area contributed by atoms with E-state index in [0.29, 0.717) is 15.0 Å². The first-order valence-electron chi connectivity index (χ1n) is 6.05. The van der Waals surface area contributed by atoms with Gasteiger partial charge in [0.05, 0.1) is 21.8 Å². The number of methoxy groups -OCH3 is 1. The summed E-state index contributed by atoms with van der Waals surface area (Å²) in [4.78, 5) is 7.33. The maximum Gasteiger partial charge on any atom is 0.222 e. The van der Waals surface area contributed by atoms with E-state index in [1.807, 2.05) is 22.6 Å². The first-order chi connectivity index (χ1) is 10.0. The normalized spacial score (nSPS) is 11.7. The largest absolute Gasteiger partial charge is 0.495 e. The summed E-state index contributed by atoms with van der Waals surface area (Å²) in [6, 6.07) is 10.1. The number of halogens is 1. The van der Waals surface area contributed by atoms with Gasteiger partial charge >= 0.3 is 0 Å². The summed E-state index contributed by atoms with van der Waals surface area (Å²) in [7, 11) is -2.05. The van der Waals surface area contributed by atoms with Gasteiger partial charge in [-0.1, -0.05) is 18.2 Å². The van der Waals surface area contributed by atoms with Crippen LogP contribution in [0.1, 0.15) is 0 Å². The molecule has 108 valence electrons. The molecule has 2 heterocycles. The van der Waals surface area contributed by atoms with Crippen molar-refractivity contribution in [1.29, 1.82) is 0 Å². The molecule has 0 unspecified atom stereocenters. The lowest BCUT2D eigenvalue weighted by Crippen LogP contribution is -2.03. The van der Waals surface area contributed by atoms with Gasteiger partial charge in [-0.2, -0.15) is 0 Å². The molecule has 0 atom stereocenters. The summed E-state index contributed by atoms with van der Waals surface area (Å²) in [6.07, 6.45) is 1.55. The molecule has 1 aromatic carbocycles. The molecular weight excluding hydrogens is 403 g/mol. The SMILES string of the molecule is COc1cnc2[nH]c(S(=O)(=O)c3ccccc3)c(I)c2c1. The Morgan fingerprint density at radius 2 is 1.95 bits per heavy atom. The molecule has 0 saturated carbocycles. The van der Waals surface area contributed by atoms with Crippen LogP contribution < -0.4 is 4.74 Å². The number of ether oxygens (including phenoxy) is 1. The van der Waals surface area contributed by atoms with E-state index in [1.54, 1.807) is 49.7 Å². The zero-order chi connectivity index (χ0) is 15.0. The van der Waals surface area contributed by atoms with E-state index in [1.165, 1.54) is 0 Å². The predicted octanol–water partition coefficient (Wildman–Crippen LogP) is 3.01. The van der Waals surface area contributed by atoms with Gasteiger partial charge in [0.15, 0.2) is 5.03 Å². The van der Waals surface area contributed by atoms with Crippen LogP contribution in [0.15, 0.2) is 52.5 Å². The summed E-state index contributed by atoms with van der Waals surface area (Å²) in [5, 5.41) is 0.884. The monoisotopic (exact) mass is 414 g/mol. The Morgan fingerprint density at radius 1 is 1.24 bits per heavy atom. The van der Waals surface area contributed by atoms with Crippen LogP contribution >= 0.6 is 22.6 Å². The summed E-state index contributed by atoms with van der Waals surface area (Å²) >= 11 is 2.01. The minimum atomic E-state index is -3.59. The topological polar surface area (TPSA) is 72.0 Å². The van der Waals surface area contributed by atoms with Crippen molar-refractivity contribution in [3.63, 3.8) is 0 Å². The number of nitrogens with zero attached hydrogens (tertiary/aromatic N) is 1. The number of benzene rings is 1. The maximum atomic E-state index is 12.7. The molecule has 0 amide bonds. The zero-order valence-electron chi connectivity index (χ0n) is 11.0. The van der Waals surface area contributed by atoms with Gasteiger partial charge in [-0.15, -0.1) is 0 Å². The van der Waals surface area contributed by atoms with Gasteiger partial charge in [-0.3, -0.25) is 0 Å². The Kier molecular flexibility index (Phi) is 3.62. The number of pyridine rings is 1. The van der Waals surface area contributed by atoms with E-state index < -0.39 is 9.84 Å². The predicted molar refractivity (Wildman–Crippen MR) is 87.3 cm³/mol. The number of fused-ring (bicyclic) bond motifs is 1. The van der Waals surface area contributed by atoms with Crippen LogP contribution in [0.4, 0.5) is 0 Å². The molecule has 0 saturated heterocycles. The zero-order valence-corrected chi connectivity index (χ0v) is 14.0. The number of rotatable bonds is 3. The van der Waals surface area contributed by atoms with Crippen molar-refractivity contribution in [1.82, 2.24) is 9.97 Å². The third-order valence-electron chi connectivity index (χ3n) is 3.09. The van der Waals surface area contributed by atoms with Crippen LogP contribution in [0.2, 0.25) is 0 Å². The lowest BCUT2D eigenvalue weighted by Gasteiger charge is -2.02. The van der Waals surface area contributed by atoms with Crippen LogP contribution in [0.5, 0.6) is 5.75 Å². The number of hydrogen-bond donors (Lipinski definition) is 1. The van der Waals surface area contributed by atoms with E-state index in [0.717, 1.165) is 5.39 Å². The number of aromatic amines is 1. The Hall–Kier alpha value is -1.61. The Balaban J connectivity index is 2.24. The highest BCUT2D eigenvalue weighted by atomic mass is 127. The lowest BCUT2D eigenvalue weighted by molar-refractivity contribution is 0.413. The molecule has 7 heteroatoms. The molecule has 0 radical (unpaired) electrons. The van der Waals surface area contributed by atoms with Crippen molar-refractivity contribution >= 4 is 43.5 Å². The van der Waals surface area contributed by atoms with Crippen molar-refractivity contribution in [2.75, 3.05) is 7.11 Å². The smallest absolute Gasteiger partial charge is 0.222 e. The van der Waals surface area contributed by atoms with Crippen LogP contribution in [-0.4, -0.2) is 25.5 Å². The number of aromatic nitrogens is 2. The third-order valence-corrected chi connectivity index (χ3v) is 6.31. The van der Waals surface area contributed by atoms with E-state index in [9.17, 15) is 8.42 Å². The fourth-order valence-corrected chi connectivity index (χ4v) is 4.76. The Labute approximate surface area is 135 Å². The molecule has 21 heavy (non-hydrogen) atoms. The molecule has 1 N–H and O–H groups in total. The van der Waals surface area contributed by atoms with E-state index in [4.69, 9.17) is 4.74 Å². The second-order valence-corrected chi connectivity index (χ2v) is 7.32. The number of H-pyrrole nitrogens is 1. The van der Waals surface area contributed by atoms with Gasteiger partial charge in [0.25, 0.3) is 0 Å². The highest BCUT2D eigenvalue weighted by molar-refractivity contribution is 14.1. The summed E-state index contributed by atoms with van der Waals surface area (Å²) in [5.41, 5.74) is 0.523. The molecule has 0 aliphatic carbocycles. The first kappa shape index (κ1) is 14.3. The van der Waals surface area contributed by atoms with Gasteiger partial charge < -0.3 is 9.72 Å². The Morgan fingerprint density at radius 3 is 2.62 bits per heavy atom. The molecule has 5 nitrogen and oxygen atoms in total. The fourth-order valence-electron chi connectivity index (χ4n) is 2.01. The molecule has 2 aromatic heterocycles. The van der Waals surface area contributed by atoms with Crippen LogP contribution in [-0.2, 0) is 9.84 Å². The van der Waals surface area contributed by atoms with Gasteiger partial charge in [0.1, 0.15) is 11.4 Å². The molecule has 3 aromatic rings. The average molecular weight is 414 g/mol. The molecule has 3 rings (SSSR count). The lowest BCUT2D eigenvalue weighted by atomic mass is 10.3. The quantitative estimate of drug-likeness (QED) is 0.669. The van der Waals surface area contributed by atoms with Crippen molar-refractivity contribution in [3.8, 4) is 5.75 Å². The standard InChI is InChI=1S/C14H11IN2O3S/c1-20-9-7-11-12(15)14(17-13(11)16-8-9)21(18,19)10-5-3-2-4-6-10/h2-8H,1H3,(H,16,17). The summed E-state index contributed by atoms with van der Waals surface area (Å²) in [6.45, 7) is 0. The van der Waals surface area contributed by atoms with Crippen molar-refractivity contribution in [2.24, 2.45) is 0 Å². The number of sulfone groups is 1. The number of hydrogen-bond acceptors (Lipinski definition) is 4. The van der Waals surface area contributed by atoms with Gasteiger partial charge in [0, 0.05) is 5.39 Å². The Bertz CT molecular complexity index is 905. The van der Waals surface area contributed by atoms with Crippen molar-refractivity contribution < 1.29 is 13.2 Å². The minimum absolute atomic E-state index is 0.157. The molecule has 0 spiro atoms. The molecule has 0 aliphatic rings. The molecule has 0 bridgehead atoms. The highest BCUT2D eigenvalue weighted by Crippen LogP contribution is 2.31. The van der Waals surface area contributed by atoms with E-state index >= 15 is 0 Å². The van der Waals surface area contributed by atoms with E-state index in [-0.39, 0.29) is 9.92 Å². The average Bonchev–Trinajstić information content (AvgIpc) is 2.85. The first-order valence-corrected chi connectivity index (χ1v) is 8.61. The second kappa shape index (κ2) is 5.30. The fraction of sp³-hybridized carbons (Fsp3) is 0.0714. The van der Waals surface area contributed by atoms with Crippen LogP contribution in [0.25, 0.3) is 11.0 Å². The summed E-state index contributed by atoms with van der Waals surface area (Å²) in [5.74, 6) is 0.586. The highest BCUT2D eigenvalue weighted by Gasteiger charge is 2.24. The second-order valence-electron chi connectivity index (χ2n) is 4.36. The number of nitrogens with one attached hydrogen (secondary N) is 1. The molecule has 0 fully saturated rings. The maximum absolute atomic E-state index is 12.7. The van der Waals surface area contributed by atoms with Gasteiger partial charge in [-0.05, 0) is 40.8 Å². The van der Waals surface area contributed by atoms with Crippen LogP contribution in [0.3, 0.4) is 0 Å². The molecular formula is C14H11IN2O3S. The minimum Gasteiger partial charge on any atom is -0.495 e. The third kappa shape index (κ3) is 2.40. The van der Waals surface area contributed by atoms with Crippen molar-refractivity contribution in [3.05, 3.63) is 46.2 Å². The van der Waals surface area contributed by atoms with Gasteiger partial charge in [0.2, 0.25) is 9.84 Å².